The highest BCUT2D eigenvalue weighted by atomic mass is 16.5. The summed E-state index contributed by atoms with van der Waals surface area (Å²) in [5.74, 6) is 0.107. The van der Waals surface area contributed by atoms with Gasteiger partial charge in [-0.2, -0.15) is 0 Å². The smallest absolute Gasteiger partial charge is 0.282 e. The zero-order chi connectivity index (χ0) is 17.9. The fourth-order valence-corrected chi connectivity index (χ4v) is 4.01. The van der Waals surface area contributed by atoms with Gasteiger partial charge in [-0.1, -0.05) is 0 Å². The maximum absolute atomic E-state index is 12.7. The number of quaternary nitrogens is 1. The maximum atomic E-state index is 12.7. The number of carbonyl (C=O) groups excluding carboxylic acids is 1. The number of carbonyl (C=O) groups is 1. The van der Waals surface area contributed by atoms with Crippen molar-refractivity contribution in [3.05, 3.63) is 24.3 Å². The van der Waals surface area contributed by atoms with Crippen LogP contribution in [0.3, 0.4) is 0 Å². The van der Waals surface area contributed by atoms with Gasteiger partial charge >= 0.3 is 0 Å². The molecule has 0 aromatic heterocycles. The summed E-state index contributed by atoms with van der Waals surface area (Å²) in [7, 11) is 4.39. The first-order valence-electron chi connectivity index (χ1n) is 9.55. The van der Waals surface area contributed by atoms with Gasteiger partial charge in [-0.15, -0.1) is 0 Å². The third-order valence-corrected chi connectivity index (χ3v) is 6.15. The molecule has 1 atom stereocenters. The van der Waals surface area contributed by atoms with Gasteiger partial charge in [0.05, 0.1) is 33.4 Å². The van der Waals surface area contributed by atoms with Gasteiger partial charge in [-0.3, -0.25) is 4.79 Å². The summed E-state index contributed by atoms with van der Waals surface area (Å²) >= 11 is 0. The minimum atomic E-state index is -0.0537. The summed E-state index contributed by atoms with van der Waals surface area (Å²) in [6, 6.07) is 8.73. The predicted molar refractivity (Wildman–Crippen MR) is 102 cm³/mol. The van der Waals surface area contributed by atoms with Gasteiger partial charge in [0, 0.05) is 24.5 Å². The molecule has 1 aliphatic heterocycles. The lowest BCUT2D eigenvalue weighted by Crippen LogP contribution is -2.57. The molecule has 2 fully saturated rings. The van der Waals surface area contributed by atoms with Crippen LogP contribution in [0.15, 0.2) is 24.3 Å². The molecule has 138 valence electrons. The number of amides is 1. The number of morpholine rings is 1. The fourth-order valence-electron chi connectivity index (χ4n) is 4.01. The number of nitrogens with zero attached hydrogens (tertiary/aromatic N) is 2. The second-order valence-electron chi connectivity index (χ2n) is 7.88. The van der Waals surface area contributed by atoms with Crippen LogP contribution >= 0.6 is 0 Å². The Morgan fingerprint density at radius 3 is 2.36 bits per heavy atom. The summed E-state index contributed by atoms with van der Waals surface area (Å²) < 4.78 is 6.17. The van der Waals surface area contributed by atoms with Crippen LogP contribution in [0.1, 0.15) is 32.6 Å². The third-order valence-electron chi connectivity index (χ3n) is 6.15. The zero-order valence-corrected chi connectivity index (χ0v) is 15.8. The van der Waals surface area contributed by atoms with E-state index in [2.05, 4.69) is 43.4 Å². The Morgan fingerprint density at radius 2 is 1.76 bits per heavy atom. The number of benzene rings is 1. The third kappa shape index (κ3) is 4.15. The lowest BCUT2D eigenvalue weighted by atomic mass is 10.1. The minimum Gasteiger partial charge on any atom is -0.378 e. The largest absolute Gasteiger partial charge is 0.378 e. The highest BCUT2D eigenvalue weighted by Crippen LogP contribution is 2.29. The Balaban J connectivity index is 1.60. The summed E-state index contributed by atoms with van der Waals surface area (Å²) in [4.78, 5) is 15.1. The van der Waals surface area contributed by atoms with Crippen molar-refractivity contribution in [2.45, 2.75) is 44.7 Å². The summed E-state index contributed by atoms with van der Waals surface area (Å²) in [5.41, 5.74) is 2.07. The Kier molecular flexibility index (Phi) is 5.64. The number of hydrogen-bond acceptors (Lipinski definition) is 3. The first-order valence-corrected chi connectivity index (χ1v) is 9.55. The molecule has 1 N–H and O–H groups in total. The van der Waals surface area contributed by atoms with E-state index in [1.807, 2.05) is 12.1 Å². The quantitative estimate of drug-likeness (QED) is 0.834. The summed E-state index contributed by atoms with van der Waals surface area (Å²) in [5, 5.41) is 3.10. The normalized spacial score (nSPS) is 20.5. The van der Waals surface area contributed by atoms with Crippen molar-refractivity contribution >= 4 is 17.3 Å². The minimum absolute atomic E-state index is 0.0537. The Labute approximate surface area is 151 Å². The fraction of sp³-hybridized carbons (Fsp3) is 0.650. The number of ether oxygens (including phenoxy) is 1. The summed E-state index contributed by atoms with van der Waals surface area (Å²) in [6.45, 7) is 5.47. The Hall–Kier alpha value is -1.59. The number of likely N-dealkylation sites (N-methyl/N-ethyl adjacent to an activating group) is 1. The monoisotopic (exact) mass is 346 g/mol. The molecule has 1 aromatic carbocycles. The molecule has 0 bridgehead atoms. The van der Waals surface area contributed by atoms with Crippen molar-refractivity contribution in [3.63, 3.8) is 0 Å². The SMILES string of the molecule is C[C@H](C(=O)Nc1ccc(N2CCOCC2)cc1)[N+](C)(C)C1CCCC1. The molecule has 3 rings (SSSR count). The summed E-state index contributed by atoms with van der Waals surface area (Å²) in [6.07, 6.45) is 5.06. The second kappa shape index (κ2) is 7.75. The second-order valence-corrected chi connectivity index (χ2v) is 7.88. The molecule has 0 radical (unpaired) electrons. The van der Waals surface area contributed by atoms with Crippen LogP contribution in [-0.4, -0.2) is 62.9 Å². The molecule has 1 saturated carbocycles. The number of anilines is 2. The average molecular weight is 346 g/mol. The van der Waals surface area contributed by atoms with Crippen molar-refractivity contribution in [2.75, 3.05) is 50.6 Å². The van der Waals surface area contributed by atoms with Crippen molar-refractivity contribution < 1.29 is 14.0 Å². The molecular weight excluding hydrogens is 314 g/mol. The van der Waals surface area contributed by atoms with E-state index in [0.717, 1.165) is 36.5 Å². The van der Waals surface area contributed by atoms with E-state index in [9.17, 15) is 4.79 Å². The first kappa shape index (κ1) is 18.2. The molecule has 5 heteroatoms. The first-order chi connectivity index (χ1) is 12.0. The Bertz CT molecular complexity index is 573. The van der Waals surface area contributed by atoms with Crippen LogP contribution in [0.5, 0.6) is 0 Å². The van der Waals surface area contributed by atoms with Gasteiger partial charge in [0.15, 0.2) is 6.04 Å². The molecule has 5 nitrogen and oxygen atoms in total. The van der Waals surface area contributed by atoms with Gasteiger partial charge in [-0.25, -0.2) is 0 Å². The van der Waals surface area contributed by atoms with E-state index >= 15 is 0 Å². The molecule has 1 aliphatic carbocycles. The van der Waals surface area contributed by atoms with Crippen molar-refractivity contribution in [3.8, 4) is 0 Å². The molecule has 1 aromatic rings. The van der Waals surface area contributed by atoms with Crippen LogP contribution in [0, 0.1) is 0 Å². The van der Waals surface area contributed by atoms with Crippen LogP contribution in [0.2, 0.25) is 0 Å². The van der Waals surface area contributed by atoms with Crippen LogP contribution in [0.4, 0.5) is 11.4 Å². The topological polar surface area (TPSA) is 41.6 Å². The van der Waals surface area contributed by atoms with E-state index in [1.54, 1.807) is 0 Å². The highest BCUT2D eigenvalue weighted by Gasteiger charge is 2.39. The van der Waals surface area contributed by atoms with Crippen LogP contribution in [0.25, 0.3) is 0 Å². The molecule has 1 heterocycles. The van der Waals surface area contributed by atoms with Gasteiger partial charge in [-0.05, 0) is 56.9 Å². The zero-order valence-electron chi connectivity index (χ0n) is 15.8. The van der Waals surface area contributed by atoms with Crippen molar-refractivity contribution in [1.29, 1.82) is 0 Å². The molecule has 1 amide bonds. The van der Waals surface area contributed by atoms with Crippen molar-refractivity contribution in [2.24, 2.45) is 0 Å². The van der Waals surface area contributed by atoms with E-state index in [0.29, 0.717) is 6.04 Å². The molecule has 0 spiro atoms. The van der Waals surface area contributed by atoms with E-state index in [-0.39, 0.29) is 11.9 Å². The lowest BCUT2D eigenvalue weighted by molar-refractivity contribution is -0.927. The number of hydrogen-bond donors (Lipinski definition) is 1. The average Bonchev–Trinajstić information content (AvgIpc) is 3.18. The molecule has 25 heavy (non-hydrogen) atoms. The van der Waals surface area contributed by atoms with Crippen molar-refractivity contribution in [1.82, 2.24) is 0 Å². The maximum Gasteiger partial charge on any atom is 0.282 e. The molecule has 2 aliphatic rings. The van der Waals surface area contributed by atoms with Crippen LogP contribution < -0.4 is 10.2 Å². The highest BCUT2D eigenvalue weighted by molar-refractivity contribution is 5.94. The van der Waals surface area contributed by atoms with Gasteiger partial charge in [0.25, 0.3) is 5.91 Å². The van der Waals surface area contributed by atoms with Gasteiger partial charge in [0.1, 0.15) is 0 Å². The molecule has 0 unspecified atom stereocenters. The standard InChI is InChI=1S/C20H31N3O2/c1-16(23(2,3)19-6-4-5-7-19)20(24)21-17-8-10-18(11-9-17)22-12-14-25-15-13-22/h8-11,16,19H,4-7,12-15H2,1-3H3/p+1/t16-/m1/s1. The van der Waals surface area contributed by atoms with Gasteiger partial charge in [0.2, 0.25) is 0 Å². The number of nitrogens with one attached hydrogen (secondary N) is 1. The van der Waals surface area contributed by atoms with E-state index in [1.165, 1.54) is 31.4 Å². The number of rotatable bonds is 5. The molecular formula is C20H32N3O2+. The molecule has 1 saturated heterocycles. The Morgan fingerprint density at radius 1 is 1.16 bits per heavy atom. The van der Waals surface area contributed by atoms with E-state index in [4.69, 9.17) is 4.74 Å². The van der Waals surface area contributed by atoms with Crippen LogP contribution in [-0.2, 0) is 9.53 Å². The lowest BCUT2D eigenvalue weighted by Gasteiger charge is -2.40. The predicted octanol–water partition coefficient (Wildman–Crippen LogP) is 2.87. The van der Waals surface area contributed by atoms with Gasteiger partial charge < -0.3 is 19.4 Å². The van der Waals surface area contributed by atoms with E-state index < -0.39 is 0 Å².